The van der Waals surface area contributed by atoms with Crippen LogP contribution in [0.3, 0.4) is 0 Å². The molecule has 0 aliphatic carbocycles. The Morgan fingerprint density at radius 3 is 2.72 bits per heavy atom. The number of H-pyrrole nitrogens is 2. The molecule has 1 unspecified atom stereocenters. The van der Waals surface area contributed by atoms with Crippen LogP contribution in [0.2, 0.25) is 0 Å². The number of amides is 1. The molecule has 2 aromatic heterocycles. The number of rotatable bonds is 4. The highest BCUT2D eigenvalue weighted by Gasteiger charge is 2.26. The highest BCUT2D eigenvalue weighted by molar-refractivity contribution is 5.76. The van der Waals surface area contributed by atoms with E-state index in [1.165, 1.54) is 16.8 Å². The van der Waals surface area contributed by atoms with Gasteiger partial charge < -0.3 is 9.88 Å². The highest BCUT2D eigenvalue weighted by atomic mass is 19.1. The van der Waals surface area contributed by atoms with Gasteiger partial charge in [0.1, 0.15) is 5.82 Å². The number of aromatic nitrogens is 4. The van der Waals surface area contributed by atoms with E-state index in [9.17, 15) is 14.0 Å². The molecule has 7 nitrogen and oxygen atoms in total. The van der Waals surface area contributed by atoms with E-state index < -0.39 is 0 Å². The van der Waals surface area contributed by atoms with Crippen LogP contribution in [0.25, 0.3) is 28.2 Å². The lowest BCUT2D eigenvalue weighted by atomic mass is 9.90. The Labute approximate surface area is 183 Å². The number of carbonyl (C=O) groups excluding carboxylic acids is 1. The Hall–Kier alpha value is -3.68. The van der Waals surface area contributed by atoms with Crippen LogP contribution in [-0.2, 0) is 11.2 Å². The molecule has 0 saturated carbocycles. The number of nitrogens with one attached hydrogen (secondary N) is 2. The standard InChI is InChI=1S/C24H24FN5O2/c1-15(31)29-12-4-5-16(14-29)13-19-22(17-8-10-18(25)11-9-17)28-30(23(19)32)24-26-20-6-2-3-7-21(20)27-24/h2-3,6-11,16,28H,4-5,12-14H2,1H3,(H,26,27). The summed E-state index contributed by atoms with van der Waals surface area (Å²) in [7, 11) is 0. The molecule has 2 N–H and O–H groups in total. The Morgan fingerprint density at radius 2 is 1.97 bits per heavy atom. The van der Waals surface area contributed by atoms with Crippen LogP contribution in [0.4, 0.5) is 4.39 Å². The molecule has 1 atom stereocenters. The number of likely N-dealkylation sites (tertiary alicyclic amines) is 1. The van der Waals surface area contributed by atoms with Gasteiger partial charge in [-0.3, -0.25) is 14.7 Å². The van der Waals surface area contributed by atoms with Gasteiger partial charge in [-0.2, -0.15) is 4.68 Å². The van der Waals surface area contributed by atoms with Gasteiger partial charge in [0.15, 0.2) is 0 Å². The fourth-order valence-electron chi connectivity index (χ4n) is 4.52. The molecule has 4 aromatic rings. The van der Waals surface area contributed by atoms with Crippen molar-refractivity contribution in [3.05, 3.63) is 70.3 Å². The van der Waals surface area contributed by atoms with Crippen molar-refractivity contribution in [1.82, 2.24) is 24.6 Å². The van der Waals surface area contributed by atoms with E-state index in [0.29, 0.717) is 30.2 Å². The number of para-hydroxylation sites is 2. The highest BCUT2D eigenvalue weighted by Crippen LogP contribution is 2.27. The SMILES string of the molecule is CC(=O)N1CCCC(Cc2c(-c3ccc(F)cc3)[nH]n(-c3nc4ccccc4[nH]3)c2=O)C1. The smallest absolute Gasteiger partial charge is 0.277 e. The number of halogens is 1. The van der Waals surface area contributed by atoms with E-state index in [-0.39, 0.29) is 23.2 Å². The molecule has 2 aromatic carbocycles. The van der Waals surface area contributed by atoms with Gasteiger partial charge in [-0.15, -0.1) is 0 Å². The molecule has 1 aliphatic heterocycles. The Balaban J connectivity index is 1.58. The molecule has 0 bridgehead atoms. The molecule has 5 rings (SSSR count). The summed E-state index contributed by atoms with van der Waals surface area (Å²) in [5.74, 6) is 0.306. The summed E-state index contributed by atoms with van der Waals surface area (Å²) in [6.07, 6.45) is 2.39. The van der Waals surface area contributed by atoms with E-state index >= 15 is 0 Å². The van der Waals surface area contributed by atoms with Crippen LogP contribution in [0.15, 0.2) is 53.3 Å². The molecule has 0 spiro atoms. The molecular formula is C24H24FN5O2. The maximum atomic E-state index is 13.5. The minimum atomic E-state index is -0.334. The minimum absolute atomic E-state index is 0.0576. The molecule has 1 saturated heterocycles. The fraction of sp³-hybridized carbons (Fsp3) is 0.292. The van der Waals surface area contributed by atoms with Crippen LogP contribution >= 0.6 is 0 Å². The monoisotopic (exact) mass is 433 g/mol. The summed E-state index contributed by atoms with van der Waals surface area (Å²) in [4.78, 5) is 35.0. The molecule has 164 valence electrons. The number of benzene rings is 2. The quantitative estimate of drug-likeness (QED) is 0.515. The lowest BCUT2D eigenvalue weighted by Gasteiger charge is -2.32. The number of fused-ring (bicyclic) bond motifs is 1. The van der Waals surface area contributed by atoms with Gasteiger partial charge in [-0.05, 0) is 61.6 Å². The third kappa shape index (κ3) is 3.72. The summed E-state index contributed by atoms with van der Waals surface area (Å²) in [5, 5.41) is 3.19. The maximum absolute atomic E-state index is 13.5. The maximum Gasteiger partial charge on any atom is 0.277 e. The van der Waals surface area contributed by atoms with Gasteiger partial charge >= 0.3 is 0 Å². The van der Waals surface area contributed by atoms with Gasteiger partial charge in [-0.1, -0.05) is 12.1 Å². The summed E-state index contributed by atoms with van der Waals surface area (Å²) >= 11 is 0. The van der Waals surface area contributed by atoms with Crippen molar-refractivity contribution in [2.24, 2.45) is 5.92 Å². The number of hydrogen-bond donors (Lipinski definition) is 2. The molecule has 1 amide bonds. The predicted molar refractivity (Wildman–Crippen MR) is 120 cm³/mol. The third-order valence-electron chi connectivity index (χ3n) is 6.17. The Bertz CT molecular complexity index is 1300. The van der Waals surface area contributed by atoms with Gasteiger partial charge in [-0.25, -0.2) is 9.37 Å². The van der Waals surface area contributed by atoms with E-state index in [1.807, 2.05) is 29.2 Å². The Kier molecular flexibility index (Phi) is 5.13. The van der Waals surface area contributed by atoms with Crippen molar-refractivity contribution in [2.75, 3.05) is 13.1 Å². The van der Waals surface area contributed by atoms with Crippen LogP contribution in [0.1, 0.15) is 25.3 Å². The third-order valence-corrected chi connectivity index (χ3v) is 6.17. The Morgan fingerprint density at radius 1 is 1.19 bits per heavy atom. The van der Waals surface area contributed by atoms with Gasteiger partial charge in [0.05, 0.1) is 16.7 Å². The zero-order valence-electron chi connectivity index (χ0n) is 17.8. The largest absolute Gasteiger partial charge is 0.343 e. The summed E-state index contributed by atoms with van der Waals surface area (Å²) in [5.41, 5.74) is 3.40. The average Bonchev–Trinajstić information content (AvgIpc) is 3.36. The number of hydrogen-bond acceptors (Lipinski definition) is 3. The topological polar surface area (TPSA) is 86.8 Å². The lowest BCUT2D eigenvalue weighted by molar-refractivity contribution is -0.130. The molecule has 1 aliphatic rings. The molecule has 3 heterocycles. The number of piperidine rings is 1. The predicted octanol–water partition coefficient (Wildman–Crippen LogP) is 3.65. The van der Waals surface area contributed by atoms with Crippen LogP contribution in [0.5, 0.6) is 0 Å². The fourth-order valence-corrected chi connectivity index (χ4v) is 4.52. The average molecular weight is 433 g/mol. The zero-order chi connectivity index (χ0) is 22.2. The van der Waals surface area contributed by atoms with Crippen molar-refractivity contribution in [3.8, 4) is 17.2 Å². The second kappa shape index (κ2) is 8.11. The minimum Gasteiger partial charge on any atom is -0.343 e. The first kappa shape index (κ1) is 20.2. The number of aromatic amines is 2. The summed E-state index contributed by atoms with van der Waals surface area (Å²) in [6, 6.07) is 13.7. The van der Waals surface area contributed by atoms with Crippen LogP contribution in [-0.4, -0.2) is 43.6 Å². The van der Waals surface area contributed by atoms with Gasteiger partial charge in [0.25, 0.3) is 5.56 Å². The van der Waals surface area contributed by atoms with E-state index in [2.05, 4.69) is 15.1 Å². The summed E-state index contributed by atoms with van der Waals surface area (Å²) in [6.45, 7) is 2.97. The van der Waals surface area contributed by atoms with E-state index in [4.69, 9.17) is 0 Å². The molecule has 1 fully saturated rings. The number of imidazole rings is 1. The van der Waals surface area contributed by atoms with Crippen molar-refractivity contribution >= 4 is 16.9 Å². The van der Waals surface area contributed by atoms with E-state index in [0.717, 1.165) is 36.0 Å². The zero-order valence-corrected chi connectivity index (χ0v) is 17.8. The summed E-state index contributed by atoms with van der Waals surface area (Å²) < 4.78 is 14.9. The lowest BCUT2D eigenvalue weighted by Crippen LogP contribution is -2.39. The number of carbonyl (C=O) groups is 1. The first-order valence-corrected chi connectivity index (χ1v) is 10.8. The molecule has 32 heavy (non-hydrogen) atoms. The van der Waals surface area contributed by atoms with Crippen molar-refractivity contribution in [3.63, 3.8) is 0 Å². The first-order chi connectivity index (χ1) is 15.5. The molecular weight excluding hydrogens is 409 g/mol. The van der Waals surface area contributed by atoms with Gasteiger partial charge in [0.2, 0.25) is 11.9 Å². The first-order valence-electron chi connectivity index (χ1n) is 10.8. The molecule has 8 heteroatoms. The van der Waals surface area contributed by atoms with Crippen molar-refractivity contribution in [1.29, 1.82) is 0 Å². The van der Waals surface area contributed by atoms with Crippen LogP contribution in [0, 0.1) is 11.7 Å². The van der Waals surface area contributed by atoms with E-state index in [1.54, 1.807) is 19.1 Å². The van der Waals surface area contributed by atoms with Crippen molar-refractivity contribution in [2.45, 2.75) is 26.2 Å². The number of nitrogens with zero attached hydrogens (tertiary/aromatic N) is 3. The van der Waals surface area contributed by atoms with Crippen LogP contribution < -0.4 is 5.56 Å². The van der Waals surface area contributed by atoms with Crippen molar-refractivity contribution < 1.29 is 9.18 Å². The molecule has 0 radical (unpaired) electrons. The van der Waals surface area contributed by atoms with Gasteiger partial charge in [0, 0.05) is 31.1 Å². The normalized spacial score (nSPS) is 16.6. The second-order valence-electron chi connectivity index (χ2n) is 8.37. The second-order valence-corrected chi connectivity index (χ2v) is 8.37.